The number of nitrogens with one attached hydrogen (secondary N) is 1. The molecule has 1 atom stereocenters. The highest BCUT2D eigenvalue weighted by Gasteiger charge is 2.17. The molecule has 0 saturated carbocycles. The summed E-state index contributed by atoms with van der Waals surface area (Å²) in [6, 6.07) is 5.76. The first-order chi connectivity index (χ1) is 8.95. The number of methoxy groups -OCH3 is 1. The topological polar surface area (TPSA) is 75.6 Å². The molecular formula is C14H19NO4. The Morgan fingerprint density at radius 2 is 1.74 bits per heavy atom. The monoisotopic (exact) mass is 265 g/mol. The number of benzene rings is 1. The molecule has 0 fully saturated rings. The molecule has 5 nitrogen and oxygen atoms in total. The quantitative estimate of drug-likeness (QED) is 0.822. The number of ether oxygens (including phenoxy) is 1. The fraction of sp³-hybridized carbons (Fsp3) is 0.429. The normalized spacial score (nSPS) is 12.2. The van der Waals surface area contributed by atoms with E-state index in [1.807, 2.05) is 13.8 Å². The summed E-state index contributed by atoms with van der Waals surface area (Å²) < 4.78 is 5.06. The van der Waals surface area contributed by atoms with Crippen LogP contribution in [0.15, 0.2) is 24.3 Å². The van der Waals surface area contributed by atoms with Crippen molar-refractivity contribution < 1.29 is 19.4 Å². The number of carboxylic acid groups (broad SMARTS) is 1. The number of hydrogen-bond donors (Lipinski definition) is 2. The maximum absolute atomic E-state index is 12.0. The van der Waals surface area contributed by atoms with Gasteiger partial charge in [0.1, 0.15) is 0 Å². The lowest BCUT2D eigenvalue weighted by atomic mass is 10.0. The number of carboxylic acids is 1. The van der Waals surface area contributed by atoms with Crippen molar-refractivity contribution in [3.63, 3.8) is 0 Å². The third-order valence-electron chi connectivity index (χ3n) is 2.86. The second-order valence-corrected chi connectivity index (χ2v) is 4.66. The van der Waals surface area contributed by atoms with Crippen LogP contribution in [0.1, 0.15) is 34.6 Å². The summed E-state index contributed by atoms with van der Waals surface area (Å²) >= 11 is 0. The van der Waals surface area contributed by atoms with E-state index in [1.54, 1.807) is 7.11 Å². The molecule has 104 valence electrons. The summed E-state index contributed by atoms with van der Waals surface area (Å²) in [6.07, 6.45) is 0. The fourth-order valence-corrected chi connectivity index (χ4v) is 1.60. The van der Waals surface area contributed by atoms with Crippen molar-refractivity contribution in [1.29, 1.82) is 0 Å². The maximum Gasteiger partial charge on any atom is 0.335 e. The lowest BCUT2D eigenvalue weighted by molar-refractivity contribution is 0.0696. The number of hydrogen-bond acceptors (Lipinski definition) is 3. The molecule has 19 heavy (non-hydrogen) atoms. The van der Waals surface area contributed by atoms with Crippen molar-refractivity contribution in [2.75, 3.05) is 13.7 Å². The van der Waals surface area contributed by atoms with Crippen LogP contribution in [0.25, 0.3) is 0 Å². The van der Waals surface area contributed by atoms with Crippen molar-refractivity contribution in [1.82, 2.24) is 5.32 Å². The molecule has 1 amide bonds. The van der Waals surface area contributed by atoms with Gasteiger partial charge in [0.2, 0.25) is 0 Å². The van der Waals surface area contributed by atoms with Gasteiger partial charge in [-0.2, -0.15) is 0 Å². The number of carbonyl (C=O) groups is 2. The second kappa shape index (κ2) is 6.89. The van der Waals surface area contributed by atoms with E-state index < -0.39 is 5.97 Å². The lowest BCUT2D eigenvalue weighted by Gasteiger charge is -2.21. The van der Waals surface area contributed by atoms with Crippen molar-refractivity contribution in [3.05, 3.63) is 35.4 Å². The van der Waals surface area contributed by atoms with Crippen molar-refractivity contribution in [2.45, 2.75) is 19.9 Å². The molecule has 0 bridgehead atoms. The van der Waals surface area contributed by atoms with E-state index in [0.717, 1.165) is 0 Å². The largest absolute Gasteiger partial charge is 0.478 e. The Bertz CT molecular complexity index is 439. The van der Waals surface area contributed by atoms with Gasteiger partial charge in [-0.25, -0.2) is 4.79 Å². The number of rotatable bonds is 6. The predicted molar refractivity (Wildman–Crippen MR) is 71.4 cm³/mol. The highest BCUT2D eigenvalue weighted by atomic mass is 16.5. The highest BCUT2D eigenvalue weighted by molar-refractivity contribution is 5.96. The van der Waals surface area contributed by atoms with Crippen LogP contribution in [0.4, 0.5) is 0 Å². The molecule has 0 aliphatic rings. The molecule has 0 saturated heterocycles. The van der Waals surface area contributed by atoms with Crippen LogP contribution in [0.3, 0.4) is 0 Å². The Balaban J connectivity index is 2.74. The smallest absolute Gasteiger partial charge is 0.335 e. The number of carbonyl (C=O) groups excluding carboxylic acids is 1. The van der Waals surface area contributed by atoms with Crippen LogP contribution in [-0.2, 0) is 4.74 Å². The molecule has 1 rings (SSSR count). The van der Waals surface area contributed by atoms with Crippen molar-refractivity contribution >= 4 is 11.9 Å². The molecule has 0 heterocycles. The summed E-state index contributed by atoms with van der Waals surface area (Å²) in [5.41, 5.74) is 0.598. The van der Waals surface area contributed by atoms with E-state index >= 15 is 0 Å². The predicted octanol–water partition coefficient (Wildman–Crippen LogP) is 1.79. The lowest BCUT2D eigenvalue weighted by Crippen LogP contribution is -2.41. The average molecular weight is 265 g/mol. The minimum atomic E-state index is -1.01. The van der Waals surface area contributed by atoms with Crippen LogP contribution in [-0.4, -0.2) is 36.7 Å². The Hall–Kier alpha value is -1.88. The first-order valence-corrected chi connectivity index (χ1v) is 6.09. The molecule has 0 aliphatic carbocycles. The third-order valence-corrected chi connectivity index (χ3v) is 2.86. The second-order valence-electron chi connectivity index (χ2n) is 4.66. The molecule has 1 unspecified atom stereocenters. The molecule has 0 aromatic heterocycles. The summed E-state index contributed by atoms with van der Waals surface area (Å²) in [5.74, 6) is -0.985. The van der Waals surface area contributed by atoms with E-state index in [2.05, 4.69) is 5.32 Å². The Morgan fingerprint density at radius 3 is 2.16 bits per heavy atom. The van der Waals surface area contributed by atoms with Gasteiger partial charge >= 0.3 is 5.97 Å². The highest BCUT2D eigenvalue weighted by Crippen LogP contribution is 2.07. The molecular weight excluding hydrogens is 246 g/mol. The minimum absolute atomic E-state index is 0.0725. The molecule has 5 heteroatoms. The Kier molecular flexibility index (Phi) is 5.51. The van der Waals surface area contributed by atoms with E-state index in [0.29, 0.717) is 12.2 Å². The van der Waals surface area contributed by atoms with Gasteiger partial charge in [-0.05, 0) is 30.2 Å². The Labute approximate surface area is 112 Å². The van der Waals surface area contributed by atoms with Gasteiger partial charge in [0.25, 0.3) is 5.91 Å². The van der Waals surface area contributed by atoms with Crippen LogP contribution in [0.5, 0.6) is 0 Å². The molecule has 1 aromatic rings. The van der Waals surface area contributed by atoms with Gasteiger partial charge in [-0.3, -0.25) is 4.79 Å². The Morgan fingerprint density at radius 1 is 1.21 bits per heavy atom. The summed E-state index contributed by atoms with van der Waals surface area (Å²) in [4.78, 5) is 22.7. The SMILES string of the molecule is COCC(NC(=O)c1ccc(C(=O)O)cc1)C(C)C. The van der Waals surface area contributed by atoms with Crippen LogP contribution in [0.2, 0.25) is 0 Å². The van der Waals surface area contributed by atoms with Gasteiger partial charge in [-0.15, -0.1) is 0 Å². The van der Waals surface area contributed by atoms with Gasteiger partial charge in [0.05, 0.1) is 18.2 Å². The minimum Gasteiger partial charge on any atom is -0.478 e. The van der Waals surface area contributed by atoms with Crippen LogP contribution < -0.4 is 5.32 Å². The van der Waals surface area contributed by atoms with Gasteiger partial charge in [-0.1, -0.05) is 13.8 Å². The molecule has 2 N–H and O–H groups in total. The van der Waals surface area contributed by atoms with Crippen molar-refractivity contribution in [2.24, 2.45) is 5.92 Å². The first-order valence-electron chi connectivity index (χ1n) is 6.09. The van der Waals surface area contributed by atoms with Gasteiger partial charge in [0.15, 0.2) is 0 Å². The maximum atomic E-state index is 12.0. The van der Waals surface area contributed by atoms with Crippen LogP contribution in [0, 0.1) is 5.92 Å². The average Bonchev–Trinajstić information content (AvgIpc) is 2.38. The van der Waals surface area contributed by atoms with Gasteiger partial charge in [0, 0.05) is 12.7 Å². The number of aromatic carboxylic acids is 1. The molecule has 0 spiro atoms. The van der Waals surface area contributed by atoms with Gasteiger partial charge < -0.3 is 15.2 Å². The zero-order valence-corrected chi connectivity index (χ0v) is 11.3. The zero-order chi connectivity index (χ0) is 14.4. The summed E-state index contributed by atoms with van der Waals surface area (Å²) in [7, 11) is 1.59. The molecule has 1 aromatic carbocycles. The summed E-state index contributed by atoms with van der Waals surface area (Å²) in [6.45, 7) is 4.44. The zero-order valence-electron chi connectivity index (χ0n) is 11.3. The van der Waals surface area contributed by atoms with E-state index in [4.69, 9.17) is 9.84 Å². The van der Waals surface area contributed by atoms with E-state index in [1.165, 1.54) is 24.3 Å². The first kappa shape index (κ1) is 15.2. The van der Waals surface area contributed by atoms with E-state index in [9.17, 15) is 9.59 Å². The third kappa shape index (κ3) is 4.37. The standard InChI is InChI=1S/C14H19NO4/c1-9(2)12(8-19-3)15-13(16)10-4-6-11(7-5-10)14(17)18/h4-7,9,12H,8H2,1-3H3,(H,15,16)(H,17,18). The fourth-order valence-electron chi connectivity index (χ4n) is 1.60. The van der Waals surface area contributed by atoms with Crippen molar-refractivity contribution in [3.8, 4) is 0 Å². The molecule has 0 aliphatic heterocycles. The molecule has 0 radical (unpaired) electrons. The number of amides is 1. The summed E-state index contributed by atoms with van der Waals surface area (Å²) in [5, 5.41) is 11.7. The van der Waals surface area contributed by atoms with E-state index in [-0.39, 0.29) is 23.4 Å². The van der Waals surface area contributed by atoms with Crippen LogP contribution >= 0.6 is 0 Å².